The monoisotopic (exact) mass is 233 g/mol. The molecule has 1 rings (SSSR count). The molecule has 1 aromatic rings. The summed E-state index contributed by atoms with van der Waals surface area (Å²) in [6, 6.07) is 0. The van der Waals surface area contributed by atoms with Crippen LogP contribution in [0.2, 0.25) is 0 Å². The maximum atomic E-state index is 11.2. The number of H-pyrrole nitrogens is 1. The SMILES string of the molecule is CS(=O)(=O)CCn1cc(N)c(=O)[nH]c1=O. The Labute approximate surface area is 85.5 Å². The lowest BCUT2D eigenvalue weighted by molar-refractivity contribution is 0.591. The van der Waals surface area contributed by atoms with Gasteiger partial charge in [0.05, 0.1) is 5.75 Å². The first kappa shape index (κ1) is 11.5. The molecule has 0 radical (unpaired) electrons. The summed E-state index contributed by atoms with van der Waals surface area (Å²) in [6.07, 6.45) is 2.19. The molecule has 0 aliphatic carbocycles. The summed E-state index contributed by atoms with van der Waals surface area (Å²) in [5.41, 5.74) is 3.81. The Kier molecular flexibility index (Phi) is 2.98. The van der Waals surface area contributed by atoms with Crippen LogP contribution < -0.4 is 17.0 Å². The van der Waals surface area contributed by atoms with Crippen molar-refractivity contribution in [3.8, 4) is 0 Å². The van der Waals surface area contributed by atoms with Crippen molar-refractivity contribution < 1.29 is 8.42 Å². The maximum Gasteiger partial charge on any atom is 0.328 e. The topological polar surface area (TPSA) is 115 Å². The molecule has 1 aromatic heterocycles. The van der Waals surface area contributed by atoms with E-state index in [-0.39, 0.29) is 18.0 Å². The van der Waals surface area contributed by atoms with Gasteiger partial charge in [0.15, 0.2) is 0 Å². The molecule has 8 heteroatoms. The Hall–Kier alpha value is -1.57. The highest BCUT2D eigenvalue weighted by atomic mass is 32.2. The van der Waals surface area contributed by atoms with Gasteiger partial charge in [0.2, 0.25) is 0 Å². The fourth-order valence-corrected chi connectivity index (χ4v) is 1.48. The second-order valence-electron chi connectivity index (χ2n) is 3.17. The molecule has 0 aromatic carbocycles. The van der Waals surface area contributed by atoms with Crippen LogP contribution in [-0.4, -0.2) is 30.0 Å². The van der Waals surface area contributed by atoms with Crippen LogP contribution in [0, 0.1) is 0 Å². The van der Waals surface area contributed by atoms with Crippen LogP contribution in [0.3, 0.4) is 0 Å². The van der Waals surface area contributed by atoms with E-state index in [1.165, 1.54) is 0 Å². The normalized spacial score (nSPS) is 11.5. The van der Waals surface area contributed by atoms with E-state index in [1.807, 2.05) is 4.98 Å². The van der Waals surface area contributed by atoms with Crippen molar-refractivity contribution >= 4 is 15.5 Å². The van der Waals surface area contributed by atoms with Gasteiger partial charge in [0.1, 0.15) is 15.5 Å². The molecular formula is C7H11N3O4S. The number of aromatic amines is 1. The standard InChI is InChI=1S/C7H11N3O4S/c1-15(13,14)3-2-10-4-5(8)6(11)9-7(10)12/h4H,2-3,8H2,1H3,(H,9,11,12). The van der Waals surface area contributed by atoms with Crippen LogP contribution in [0.1, 0.15) is 0 Å². The Morgan fingerprint density at radius 3 is 2.60 bits per heavy atom. The zero-order chi connectivity index (χ0) is 11.6. The van der Waals surface area contributed by atoms with Crippen molar-refractivity contribution in [1.29, 1.82) is 0 Å². The van der Waals surface area contributed by atoms with E-state index in [0.717, 1.165) is 17.0 Å². The van der Waals surface area contributed by atoms with Gasteiger partial charge in [0, 0.05) is 19.0 Å². The van der Waals surface area contributed by atoms with Gasteiger partial charge in [-0.2, -0.15) is 0 Å². The molecule has 0 aliphatic rings. The van der Waals surface area contributed by atoms with Crippen molar-refractivity contribution in [3.05, 3.63) is 27.0 Å². The summed E-state index contributed by atoms with van der Waals surface area (Å²) in [7, 11) is -3.15. The van der Waals surface area contributed by atoms with Crippen LogP contribution in [0.15, 0.2) is 15.8 Å². The van der Waals surface area contributed by atoms with Crippen LogP contribution in [0.4, 0.5) is 5.69 Å². The number of nitrogens with zero attached hydrogens (tertiary/aromatic N) is 1. The van der Waals surface area contributed by atoms with Crippen molar-refractivity contribution in [1.82, 2.24) is 9.55 Å². The molecule has 0 aliphatic heterocycles. The van der Waals surface area contributed by atoms with Gasteiger partial charge < -0.3 is 5.73 Å². The molecule has 1 heterocycles. The Morgan fingerprint density at radius 1 is 1.47 bits per heavy atom. The quantitative estimate of drug-likeness (QED) is 0.636. The first-order chi connectivity index (χ1) is 6.79. The summed E-state index contributed by atoms with van der Waals surface area (Å²) < 4.78 is 22.8. The first-order valence-electron chi connectivity index (χ1n) is 4.06. The number of sulfone groups is 1. The van der Waals surface area contributed by atoms with Gasteiger partial charge in [-0.1, -0.05) is 0 Å². The van der Waals surface area contributed by atoms with E-state index in [0.29, 0.717) is 0 Å². The molecule has 0 saturated carbocycles. The number of nitrogens with one attached hydrogen (secondary N) is 1. The van der Waals surface area contributed by atoms with E-state index in [4.69, 9.17) is 5.73 Å². The second-order valence-corrected chi connectivity index (χ2v) is 5.43. The smallest absolute Gasteiger partial charge is 0.328 e. The molecule has 0 fully saturated rings. The van der Waals surface area contributed by atoms with Crippen LogP contribution in [0.25, 0.3) is 0 Å². The van der Waals surface area contributed by atoms with Gasteiger partial charge >= 0.3 is 5.69 Å². The molecule has 0 bridgehead atoms. The molecular weight excluding hydrogens is 222 g/mol. The van der Waals surface area contributed by atoms with Crippen LogP contribution in [0.5, 0.6) is 0 Å². The number of rotatable bonds is 3. The van der Waals surface area contributed by atoms with Crippen molar-refractivity contribution in [2.24, 2.45) is 0 Å². The van der Waals surface area contributed by atoms with Crippen LogP contribution in [-0.2, 0) is 16.4 Å². The molecule has 0 spiro atoms. The van der Waals surface area contributed by atoms with Gasteiger partial charge in [-0.05, 0) is 0 Å². The van der Waals surface area contributed by atoms with Gasteiger partial charge in [-0.3, -0.25) is 14.3 Å². The number of anilines is 1. The fourth-order valence-electron chi connectivity index (χ4n) is 0.957. The van der Waals surface area contributed by atoms with E-state index < -0.39 is 21.1 Å². The third kappa shape index (κ3) is 3.24. The zero-order valence-electron chi connectivity index (χ0n) is 8.06. The van der Waals surface area contributed by atoms with Crippen molar-refractivity contribution in [2.75, 3.05) is 17.7 Å². The highest BCUT2D eigenvalue weighted by Gasteiger charge is 2.05. The molecule has 84 valence electrons. The lowest BCUT2D eigenvalue weighted by Gasteiger charge is -2.04. The minimum atomic E-state index is -3.15. The number of nitrogens with two attached hydrogens (primary N) is 1. The first-order valence-corrected chi connectivity index (χ1v) is 6.12. The number of hydrogen-bond acceptors (Lipinski definition) is 5. The van der Waals surface area contributed by atoms with E-state index >= 15 is 0 Å². The number of aryl methyl sites for hydroxylation is 1. The lowest BCUT2D eigenvalue weighted by atomic mass is 10.5. The zero-order valence-corrected chi connectivity index (χ0v) is 8.87. The van der Waals surface area contributed by atoms with Crippen LogP contribution >= 0.6 is 0 Å². The Balaban J connectivity index is 3.02. The molecule has 0 amide bonds. The maximum absolute atomic E-state index is 11.2. The summed E-state index contributed by atoms with van der Waals surface area (Å²) >= 11 is 0. The average Bonchev–Trinajstić information content (AvgIpc) is 2.07. The third-order valence-electron chi connectivity index (χ3n) is 1.74. The average molecular weight is 233 g/mol. The predicted octanol–water partition coefficient (Wildman–Crippen LogP) is -1.84. The highest BCUT2D eigenvalue weighted by Crippen LogP contribution is 1.90. The molecule has 7 nitrogen and oxygen atoms in total. The number of aromatic nitrogens is 2. The molecule has 0 unspecified atom stereocenters. The fraction of sp³-hybridized carbons (Fsp3) is 0.429. The molecule has 15 heavy (non-hydrogen) atoms. The highest BCUT2D eigenvalue weighted by molar-refractivity contribution is 7.90. The Morgan fingerprint density at radius 2 is 2.07 bits per heavy atom. The van der Waals surface area contributed by atoms with Gasteiger partial charge in [-0.25, -0.2) is 13.2 Å². The summed E-state index contributed by atoms with van der Waals surface area (Å²) in [4.78, 5) is 24.0. The second kappa shape index (κ2) is 3.89. The number of hydrogen-bond donors (Lipinski definition) is 2. The van der Waals surface area contributed by atoms with E-state index in [2.05, 4.69) is 0 Å². The van der Waals surface area contributed by atoms with E-state index in [9.17, 15) is 18.0 Å². The number of nitrogen functional groups attached to an aromatic ring is 1. The predicted molar refractivity (Wildman–Crippen MR) is 55.4 cm³/mol. The van der Waals surface area contributed by atoms with Gasteiger partial charge in [-0.15, -0.1) is 0 Å². The Bertz CT molecular complexity index is 569. The minimum Gasteiger partial charge on any atom is -0.393 e. The van der Waals surface area contributed by atoms with Gasteiger partial charge in [0.25, 0.3) is 5.56 Å². The van der Waals surface area contributed by atoms with E-state index in [1.54, 1.807) is 0 Å². The third-order valence-corrected chi connectivity index (χ3v) is 2.67. The summed E-state index contributed by atoms with van der Waals surface area (Å²) in [6.45, 7) is -0.0291. The minimum absolute atomic E-state index is 0.0291. The summed E-state index contributed by atoms with van der Waals surface area (Å²) in [5.74, 6) is -0.182. The molecule has 0 saturated heterocycles. The van der Waals surface area contributed by atoms with Crippen molar-refractivity contribution in [3.63, 3.8) is 0 Å². The molecule has 3 N–H and O–H groups in total. The molecule has 0 atom stereocenters. The lowest BCUT2D eigenvalue weighted by Crippen LogP contribution is -2.32. The largest absolute Gasteiger partial charge is 0.393 e. The van der Waals surface area contributed by atoms with Crippen molar-refractivity contribution in [2.45, 2.75) is 6.54 Å². The summed E-state index contributed by atoms with van der Waals surface area (Å²) in [5, 5.41) is 0.